The number of aromatic nitrogens is 1. The van der Waals surface area contributed by atoms with E-state index in [9.17, 15) is 9.59 Å². The monoisotopic (exact) mass is 447 g/mol. The molecule has 4 heterocycles. The van der Waals surface area contributed by atoms with E-state index >= 15 is 0 Å². The molecule has 0 aliphatic carbocycles. The summed E-state index contributed by atoms with van der Waals surface area (Å²) >= 11 is 2.82. The zero-order valence-corrected chi connectivity index (χ0v) is 18.1. The molecule has 0 spiro atoms. The van der Waals surface area contributed by atoms with Gasteiger partial charge < -0.3 is 9.73 Å². The molecule has 0 saturated heterocycles. The summed E-state index contributed by atoms with van der Waals surface area (Å²) in [6.07, 6.45) is 4.92. The number of benzene rings is 1. The van der Waals surface area contributed by atoms with Crippen LogP contribution in [0.2, 0.25) is 0 Å². The van der Waals surface area contributed by atoms with E-state index in [1.165, 1.54) is 22.7 Å². The number of hydrogen-bond donors (Lipinski definition) is 1. The molecule has 3 aromatic heterocycles. The van der Waals surface area contributed by atoms with Crippen molar-refractivity contribution in [1.82, 2.24) is 4.57 Å². The van der Waals surface area contributed by atoms with Crippen LogP contribution in [0.15, 0.2) is 91.9 Å². The highest BCUT2D eigenvalue weighted by molar-refractivity contribution is 7.10. The summed E-state index contributed by atoms with van der Waals surface area (Å²) < 4.78 is 7.27. The fourth-order valence-corrected chi connectivity index (χ4v) is 5.43. The number of anilines is 1. The Balaban J connectivity index is 1.66. The van der Waals surface area contributed by atoms with Crippen molar-refractivity contribution >= 4 is 40.3 Å². The zero-order chi connectivity index (χ0) is 21.4. The van der Waals surface area contributed by atoms with Crippen molar-refractivity contribution in [2.75, 3.05) is 5.32 Å². The van der Waals surface area contributed by atoms with Crippen LogP contribution in [0.1, 0.15) is 23.4 Å². The summed E-state index contributed by atoms with van der Waals surface area (Å²) in [5.74, 6) is -0.269. The minimum Gasteiger partial charge on any atom is -0.472 e. The van der Waals surface area contributed by atoms with Gasteiger partial charge in [-0.2, -0.15) is 0 Å². The molecule has 8 heteroatoms. The molecule has 1 aromatic carbocycles. The second kappa shape index (κ2) is 7.98. The highest BCUT2D eigenvalue weighted by Gasteiger charge is 2.33. The first-order chi connectivity index (χ1) is 15.1. The Morgan fingerprint density at radius 2 is 2.03 bits per heavy atom. The van der Waals surface area contributed by atoms with Gasteiger partial charge in [0.1, 0.15) is 6.04 Å². The van der Waals surface area contributed by atoms with E-state index < -0.39 is 6.04 Å². The number of para-hydroxylation sites is 1. The van der Waals surface area contributed by atoms with E-state index in [1.54, 1.807) is 29.2 Å². The molecule has 4 aromatic rings. The molecular formula is C23H17N3O3S2. The van der Waals surface area contributed by atoms with Crippen LogP contribution >= 0.6 is 22.7 Å². The second-order valence-corrected chi connectivity index (χ2v) is 8.96. The lowest BCUT2D eigenvalue weighted by Crippen LogP contribution is -2.40. The minimum atomic E-state index is -0.536. The van der Waals surface area contributed by atoms with Crippen LogP contribution in [0.4, 0.5) is 5.69 Å². The topological polar surface area (TPSA) is 76.6 Å². The van der Waals surface area contributed by atoms with Crippen molar-refractivity contribution in [3.8, 4) is 0 Å². The number of nitrogens with one attached hydrogen (secondary N) is 1. The summed E-state index contributed by atoms with van der Waals surface area (Å²) in [5.41, 5.74) is 2.38. The van der Waals surface area contributed by atoms with Gasteiger partial charge in [-0.3, -0.25) is 14.2 Å². The molecule has 1 aliphatic heterocycles. The van der Waals surface area contributed by atoms with Crippen LogP contribution in [-0.2, 0) is 4.79 Å². The van der Waals surface area contributed by atoms with Crippen molar-refractivity contribution in [2.24, 2.45) is 4.99 Å². The third-order valence-corrected chi connectivity index (χ3v) is 6.86. The Kier molecular flexibility index (Phi) is 5.01. The molecule has 154 valence electrons. The molecule has 0 fully saturated rings. The van der Waals surface area contributed by atoms with Crippen LogP contribution < -0.4 is 20.2 Å². The highest BCUT2D eigenvalue weighted by atomic mass is 32.1. The Labute approximate surface area is 185 Å². The summed E-state index contributed by atoms with van der Waals surface area (Å²) in [5, 5.41) is 4.89. The molecule has 1 aliphatic rings. The highest BCUT2D eigenvalue weighted by Crippen LogP contribution is 2.33. The van der Waals surface area contributed by atoms with E-state index in [1.807, 2.05) is 54.8 Å². The van der Waals surface area contributed by atoms with Crippen LogP contribution in [0.5, 0.6) is 0 Å². The Bertz CT molecular complexity index is 1440. The van der Waals surface area contributed by atoms with Gasteiger partial charge in [0.15, 0.2) is 4.80 Å². The number of thiophene rings is 1. The van der Waals surface area contributed by atoms with E-state index in [2.05, 4.69) is 10.3 Å². The van der Waals surface area contributed by atoms with E-state index in [4.69, 9.17) is 4.42 Å². The normalized spacial score (nSPS) is 16.2. The predicted molar refractivity (Wildman–Crippen MR) is 122 cm³/mol. The Morgan fingerprint density at radius 3 is 2.74 bits per heavy atom. The van der Waals surface area contributed by atoms with Crippen molar-refractivity contribution in [1.29, 1.82) is 0 Å². The van der Waals surface area contributed by atoms with Gasteiger partial charge in [-0.25, -0.2) is 4.99 Å². The average Bonchev–Trinajstić information content (AvgIpc) is 3.51. The summed E-state index contributed by atoms with van der Waals surface area (Å²) in [7, 11) is 0. The number of allylic oxidation sites excluding steroid dienone is 1. The molecule has 0 unspecified atom stereocenters. The quantitative estimate of drug-likeness (QED) is 0.520. The van der Waals surface area contributed by atoms with E-state index in [0.717, 1.165) is 10.4 Å². The molecule has 1 atom stereocenters. The number of rotatable bonds is 4. The first-order valence-corrected chi connectivity index (χ1v) is 11.3. The molecule has 1 amide bonds. The largest absolute Gasteiger partial charge is 0.472 e. The lowest BCUT2D eigenvalue weighted by molar-refractivity contribution is -0.113. The van der Waals surface area contributed by atoms with Crippen LogP contribution in [0, 0.1) is 0 Å². The van der Waals surface area contributed by atoms with Gasteiger partial charge >= 0.3 is 0 Å². The number of nitrogens with zero attached hydrogens (tertiary/aromatic N) is 2. The van der Waals surface area contributed by atoms with Gasteiger partial charge in [0.2, 0.25) is 0 Å². The lowest BCUT2D eigenvalue weighted by Gasteiger charge is -2.24. The Hall–Kier alpha value is -3.49. The predicted octanol–water partition coefficient (Wildman–Crippen LogP) is 3.53. The summed E-state index contributed by atoms with van der Waals surface area (Å²) in [6.45, 7) is 1.81. The fraction of sp³-hybridized carbons (Fsp3) is 0.0870. The number of amides is 1. The molecule has 0 saturated carbocycles. The molecule has 1 N–H and O–H groups in total. The first kappa shape index (κ1) is 19.5. The van der Waals surface area contributed by atoms with Crippen molar-refractivity contribution in [3.05, 3.63) is 108 Å². The number of carbonyl (C=O) groups excluding carboxylic acids is 1. The molecule has 31 heavy (non-hydrogen) atoms. The second-order valence-electron chi connectivity index (χ2n) is 6.97. The third-order valence-electron chi connectivity index (χ3n) is 4.95. The molecular weight excluding hydrogens is 430 g/mol. The van der Waals surface area contributed by atoms with Gasteiger partial charge in [-0.05, 0) is 42.6 Å². The lowest BCUT2D eigenvalue weighted by atomic mass is 10.0. The van der Waals surface area contributed by atoms with E-state index in [-0.39, 0.29) is 11.5 Å². The fourth-order valence-electron chi connectivity index (χ4n) is 3.56. The molecule has 5 rings (SSSR count). The number of furan rings is 1. The average molecular weight is 448 g/mol. The van der Waals surface area contributed by atoms with Gasteiger partial charge in [-0.1, -0.05) is 35.6 Å². The Morgan fingerprint density at radius 1 is 1.19 bits per heavy atom. The third kappa shape index (κ3) is 3.60. The maximum atomic E-state index is 13.4. The smallest absolute Gasteiger partial charge is 0.271 e. The standard InChI is InChI=1S/C23H17N3O3S2/c1-14-19(21(27)25-16-6-3-2-4-7-16)20(17-8-5-11-30-17)26-22(28)18(31-23(26)24-14)12-15-9-10-29-13-15/h2-13,20H,1H3,(H,25,27)/b18-12+/t20-/m1/s1. The summed E-state index contributed by atoms with van der Waals surface area (Å²) in [6, 6.07) is 14.4. The van der Waals surface area contributed by atoms with E-state index in [0.29, 0.717) is 26.3 Å². The number of carbonyl (C=O) groups is 1. The van der Waals surface area contributed by atoms with Gasteiger partial charge in [0.25, 0.3) is 11.5 Å². The van der Waals surface area contributed by atoms with Gasteiger partial charge in [-0.15, -0.1) is 11.3 Å². The van der Waals surface area contributed by atoms with Crippen LogP contribution in [0.25, 0.3) is 6.08 Å². The number of hydrogen-bond acceptors (Lipinski definition) is 6. The van der Waals surface area contributed by atoms with Crippen molar-refractivity contribution in [2.45, 2.75) is 13.0 Å². The molecule has 0 radical (unpaired) electrons. The van der Waals surface area contributed by atoms with Gasteiger partial charge in [0, 0.05) is 16.1 Å². The minimum absolute atomic E-state index is 0.180. The zero-order valence-electron chi connectivity index (χ0n) is 16.4. The maximum absolute atomic E-state index is 13.4. The summed E-state index contributed by atoms with van der Waals surface area (Å²) in [4.78, 5) is 32.8. The van der Waals surface area contributed by atoms with Crippen molar-refractivity contribution in [3.63, 3.8) is 0 Å². The SMILES string of the molecule is CC1=C(C(=O)Nc2ccccc2)[C@@H](c2cccs2)n2c(s/c(=C/c3ccoc3)c2=O)=N1. The van der Waals surface area contributed by atoms with Gasteiger partial charge in [0.05, 0.1) is 28.3 Å². The maximum Gasteiger partial charge on any atom is 0.271 e. The number of fused-ring (bicyclic) bond motifs is 1. The van der Waals surface area contributed by atoms with Crippen LogP contribution in [-0.4, -0.2) is 10.5 Å². The van der Waals surface area contributed by atoms with Crippen molar-refractivity contribution < 1.29 is 9.21 Å². The first-order valence-electron chi connectivity index (χ1n) is 9.56. The molecule has 0 bridgehead atoms. The number of thiazole rings is 1. The molecule has 6 nitrogen and oxygen atoms in total. The van der Waals surface area contributed by atoms with Crippen LogP contribution in [0.3, 0.4) is 0 Å².